The van der Waals surface area contributed by atoms with E-state index in [0.717, 1.165) is 38.5 Å². The lowest BCUT2D eigenvalue weighted by Gasteiger charge is -2.38. The lowest BCUT2D eigenvalue weighted by molar-refractivity contribution is -0.144. The Kier molecular flexibility index (Phi) is 5.36. The third-order valence-corrected chi connectivity index (χ3v) is 6.90. The van der Waals surface area contributed by atoms with Crippen LogP contribution in [0.2, 0.25) is 0 Å². The van der Waals surface area contributed by atoms with E-state index in [2.05, 4.69) is 30.4 Å². The number of amides is 4. The summed E-state index contributed by atoms with van der Waals surface area (Å²) < 4.78 is 0. The second-order valence-electron chi connectivity index (χ2n) is 8.77. The van der Waals surface area contributed by atoms with Gasteiger partial charge in [0.1, 0.15) is 11.6 Å². The number of benzene rings is 1. The first kappa shape index (κ1) is 19.9. The van der Waals surface area contributed by atoms with Gasteiger partial charge in [0.25, 0.3) is 5.91 Å². The predicted octanol–water partition coefficient (Wildman–Crippen LogP) is 3.04. The maximum Gasteiger partial charge on any atom is 0.325 e. The molecule has 2 aliphatic carbocycles. The van der Waals surface area contributed by atoms with Crippen LogP contribution in [0.4, 0.5) is 4.79 Å². The zero-order valence-electron chi connectivity index (χ0n) is 17.4. The van der Waals surface area contributed by atoms with Gasteiger partial charge in [-0.1, -0.05) is 44.0 Å². The van der Waals surface area contributed by atoms with Gasteiger partial charge in [0.05, 0.1) is 0 Å². The van der Waals surface area contributed by atoms with Crippen molar-refractivity contribution in [2.45, 2.75) is 82.8 Å². The summed E-state index contributed by atoms with van der Waals surface area (Å²) >= 11 is 0. The van der Waals surface area contributed by atoms with Crippen LogP contribution in [0, 0.1) is 0 Å². The van der Waals surface area contributed by atoms with Crippen LogP contribution in [0.3, 0.4) is 0 Å². The number of carbonyl (C=O) groups is 3. The molecule has 1 N–H and O–H groups in total. The number of hydrogen-bond donors (Lipinski definition) is 1. The number of carbonyl (C=O) groups excluding carboxylic acids is 3. The Morgan fingerprint density at radius 1 is 1.24 bits per heavy atom. The second-order valence-corrected chi connectivity index (χ2v) is 8.77. The Hall–Kier alpha value is -2.37. The Bertz CT molecular complexity index is 815. The van der Waals surface area contributed by atoms with Crippen LogP contribution in [0.25, 0.3) is 0 Å². The first-order chi connectivity index (χ1) is 14.0. The van der Waals surface area contributed by atoms with Crippen LogP contribution in [-0.4, -0.2) is 51.8 Å². The molecule has 1 heterocycles. The largest absolute Gasteiger partial charge is 0.338 e. The van der Waals surface area contributed by atoms with Crippen LogP contribution in [0.15, 0.2) is 24.3 Å². The summed E-state index contributed by atoms with van der Waals surface area (Å²) in [6.45, 7) is 4.40. The van der Waals surface area contributed by atoms with E-state index in [4.69, 9.17) is 0 Å². The molecule has 1 aromatic rings. The number of fused-ring (bicyclic) bond motifs is 1. The molecule has 1 spiro atoms. The van der Waals surface area contributed by atoms with E-state index >= 15 is 0 Å². The summed E-state index contributed by atoms with van der Waals surface area (Å²) in [6, 6.07) is 7.34. The van der Waals surface area contributed by atoms with Crippen LogP contribution in [0.5, 0.6) is 0 Å². The van der Waals surface area contributed by atoms with Crippen LogP contribution in [-0.2, 0) is 22.4 Å². The van der Waals surface area contributed by atoms with Gasteiger partial charge in [0.2, 0.25) is 5.91 Å². The normalized spacial score (nSPS) is 23.8. The average Bonchev–Trinajstić information content (AvgIpc) is 3.29. The Morgan fingerprint density at radius 2 is 1.93 bits per heavy atom. The Labute approximate surface area is 172 Å². The molecule has 4 amide bonds. The standard InChI is InChI=1S/C23H31N3O3/c1-3-14-25(19-11-10-17-8-4-5-9-18(17)15-19)20(27)16(2)26-21(28)23(24-22(26)29)12-6-7-13-23/h4-5,8-9,16,19H,3,6-7,10-15H2,1-2H3,(H,24,29). The highest BCUT2D eigenvalue weighted by molar-refractivity contribution is 6.10. The van der Waals surface area contributed by atoms with Crippen molar-refractivity contribution in [1.82, 2.24) is 15.1 Å². The molecule has 4 rings (SSSR count). The summed E-state index contributed by atoms with van der Waals surface area (Å²) in [7, 11) is 0. The zero-order chi connectivity index (χ0) is 20.6. The molecule has 6 nitrogen and oxygen atoms in total. The van der Waals surface area contributed by atoms with E-state index < -0.39 is 17.6 Å². The molecule has 0 radical (unpaired) electrons. The van der Waals surface area contributed by atoms with Gasteiger partial charge in [0.15, 0.2) is 0 Å². The van der Waals surface area contributed by atoms with Crippen molar-refractivity contribution >= 4 is 17.8 Å². The molecule has 2 atom stereocenters. The number of imide groups is 1. The maximum absolute atomic E-state index is 13.5. The minimum atomic E-state index is -0.773. The average molecular weight is 398 g/mol. The van der Waals surface area contributed by atoms with Crippen LogP contribution < -0.4 is 5.32 Å². The van der Waals surface area contributed by atoms with E-state index in [1.165, 1.54) is 16.0 Å². The summed E-state index contributed by atoms with van der Waals surface area (Å²) in [5.74, 6) is -0.332. The molecule has 2 fully saturated rings. The van der Waals surface area contributed by atoms with Crippen LogP contribution >= 0.6 is 0 Å². The summed E-state index contributed by atoms with van der Waals surface area (Å²) in [5, 5.41) is 2.90. The SMILES string of the molecule is CCCN(C(=O)C(C)N1C(=O)NC2(CCCC2)C1=O)C1CCc2ccccc2C1. The van der Waals surface area contributed by atoms with Crippen molar-refractivity contribution in [3.8, 4) is 0 Å². The highest BCUT2D eigenvalue weighted by atomic mass is 16.2. The number of aryl methyl sites for hydroxylation is 1. The molecule has 156 valence electrons. The zero-order valence-corrected chi connectivity index (χ0v) is 17.4. The van der Waals surface area contributed by atoms with Gasteiger partial charge < -0.3 is 10.2 Å². The van der Waals surface area contributed by atoms with Crippen molar-refractivity contribution in [3.63, 3.8) is 0 Å². The van der Waals surface area contributed by atoms with Gasteiger partial charge in [-0.3, -0.25) is 9.59 Å². The number of urea groups is 1. The van der Waals surface area contributed by atoms with E-state index in [1.54, 1.807) is 6.92 Å². The monoisotopic (exact) mass is 397 g/mol. The van der Waals surface area contributed by atoms with Crippen molar-refractivity contribution in [2.75, 3.05) is 6.54 Å². The Morgan fingerprint density at radius 3 is 2.62 bits per heavy atom. The molecular weight excluding hydrogens is 366 g/mol. The fraction of sp³-hybridized carbons (Fsp3) is 0.609. The molecule has 1 saturated carbocycles. The molecule has 29 heavy (non-hydrogen) atoms. The number of nitrogens with one attached hydrogen (secondary N) is 1. The first-order valence-corrected chi connectivity index (χ1v) is 11.0. The fourth-order valence-electron chi connectivity index (χ4n) is 5.32. The molecule has 0 bridgehead atoms. The van der Waals surface area contributed by atoms with Crippen molar-refractivity contribution < 1.29 is 14.4 Å². The smallest absolute Gasteiger partial charge is 0.325 e. The van der Waals surface area contributed by atoms with E-state index in [9.17, 15) is 14.4 Å². The summed E-state index contributed by atoms with van der Waals surface area (Å²) in [4.78, 5) is 42.3. The van der Waals surface area contributed by atoms with Gasteiger partial charge in [-0.05, 0) is 56.6 Å². The van der Waals surface area contributed by atoms with Gasteiger partial charge >= 0.3 is 6.03 Å². The van der Waals surface area contributed by atoms with Gasteiger partial charge in [-0.2, -0.15) is 0 Å². The highest BCUT2D eigenvalue weighted by Gasteiger charge is 2.55. The van der Waals surface area contributed by atoms with E-state index in [0.29, 0.717) is 19.4 Å². The number of rotatable bonds is 5. The third-order valence-electron chi connectivity index (χ3n) is 6.90. The molecule has 6 heteroatoms. The molecule has 0 aromatic heterocycles. The highest BCUT2D eigenvalue weighted by Crippen LogP contribution is 2.36. The lowest BCUT2D eigenvalue weighted by atomic mass is 9.87. The van der Waals surface area contributed by atoms with Gasteiger partial charge in [-0.15, -0.1) is 0 Å². The first-order valence-electron chi connectivity index (χ1n) is 11.0. The van der Waals surface area contributed by atoms with Crippen molar-refractivity contribution in [2.24, 2.45) is 0 Å². The van der Waals surface area contributed by atoms with Gasteiger partial charge in [-0.25, -0.2) is 9.69 Å². The second kappa shape index (κ2) is 7.81. The molecule has 2 unspecified atom stereocenters. The van der Waals surface area contributed by atoms with Crippen molar-refractivity contribution in [3.05, 3.63) is 35.4 Å². The van der Waals surface area contributed by atoms with E-state index in [-0.39, 0.29) is 17.9 Å². The maximum atomic E-state index is 13.5. The number of nitrogens with zero attached hydrogens (tertiary/aromatic N) is 2. The predicted molar refractivity (Wildman–Crippen MR) is 110 cm³/mol. The minimum Gasteiger partial charge on any atom is -0.338 e. The number of hydrogen-bond acceptors (Lipinski definition) is 3. The fourth-order valence-corrected chi connectivity index (χ4v) is 5.32. The molecular formula is C23H31N3O3. The van der Waals surface area contributed by atoms with E-state index in [1.807, 2.05) is 11.0 Å². The Balaban J connectivity index is 1.53. The summed E-state index contributed by atoms with van der Waals surface area (Å²) in [5.41, 5.74) is 1.88. The molecule has 3 aliphatic rings. The van der Waals surface area contributed by atoms with Crippen molar-refractivity contribution in [1.29, 1.82) is 0 Å². The minimum absolute atomic E-state index is 0.112. The molecule has 1 saturated heterocycles. The topological polar surface area (TPSA) is 69.7 Å². The van der Waals surface area contributed by atoms with Gasteiger partial charge in [0, 0.05) is 12.6 Å². The quantitative estimate of drug-likeness (QED) is 0.777. The molecule has 1 aliphatic heterocycles. The third kappa shape index (κ3) is 3.43. The van der Waals surface area contributed by atoms with Crippen LogP contribution in [0.1, 0.15) is 63.5 Å². The lowest BCUT2D eigenvalue weighted by Crippen LogP contribution is -2.54. The summed E-state index contributed by atoms with van der Waals surface area (Å²) in [6.07, 6.45) is 6.77. The molecule has 1 aromatic carbocycles.